The fraction of sp³-hybridized carbons (Fsp3) is 0.0526. The minimum atomic E-state index is 0.907. The predicted octanol–water partition coefficient (Wildman–Crippen LogP) is 4.25. The van der Waals surface area contributed by atoms with Gasteiger partial charge in [-0.3, -0.25) is 10.4 Å². The number of nitrogens with one attached hydrogen (secondary N) is 1. The Morgan fingerprint density at radius 3 is 2.00 bits per heavy atom. The number of nitrogens with zero attached hydrogens (tertiary/aromatic N) is 2. The van der Waals surface area contributed by atoms with E-state index in [9.17, 15) is 0 Å². The molecule has 3 nitrogen and oxygen atoms in total. The van der Waals surface area contributed by atoms with E-state index >= 15 is 0 Å². The first-order valence-electron chi connectivity index (χ1n) is 7.20. The number of hydrogen-bond donors (Lipinski definition) is 1. The third-order valence-electron chi connectivity index (χ3n) is 3.42. The molecule has 0 unspecified atom stereocenters. The maximum atomic E-state index is 4.62. The third-order valence-corrected chi connectivity index (χ3v) is 3.42. The average molecular weight is 287 g/mol. The lowest BCUT2D eigenvalue weighted by Gasteiger charge is -2.09. The Bertz CT molecular complexity index is 723. The normalized spacial score (nSPS) is 10.0. The van der Waals surface area contributed by atoms with Crippen LogP contribution in [-0.2, 0) is 0 Å². The molecule has 2 aromatic carbocycles. The molecule has 0 fully saturated rings. The van der Waals surface area contributed by atoms with Crippen molar-refractivity contribution in [1.82, 2.24) is 4.98 Å². The average Bonchev–Trinajstić information content (AvgIpc) is 2.59. The van der Waals surface area contributed by atoms with Crippen LogP contribution in [-0.4, -0.2) is 10.7 Å². The summed E-state index contributed by atoms with van der Waals surface area (Å²) in [5.74, 6) is 0. The monoisotopic (exact) mass is 287 g/mol. The van der Waals surface area contributed by atoms with Gasteiger partial charge in [0.05, 0.1) is 17.6 Å². The van der Waals surface area contributed by atoms with Gasteiger partial charge in [0.25, 0.3) is 0 Å². The van der Waals surface area contributed by atoms with Crippen LogP contribution in [0.25, 0.3) is 0 Å². The molecule has 1 aromatic heterocycles. The van der Waals surface area contributed by atoms with Gasteiger partial charge in [-0.2, -0.15) is 5.10 Å². The van der Waals surface area contributed by atoms with Gasteiger partial charge >= 0.3 is 0 Å². The van der Waals surface area contributed by atoms with Crippen LogP contribution >= 0.6 is 0 Å². The van der Waals surface area contributed by atoms with E-state index in [-0.39, 0.29) is 0 Å². The lowest BCUT2D eigenvalue weighted by Crippen LogP contribution is -2.07. The molecule has 0 saturated carbocycles. The quantitative estimate of drug-likeness (QED) is 0.575. The first-order chi connectivity index (χ1) is 10.8. The molecule has 0 radical (unpaired) electrons. The van der Waals surface area contributed by atoms with E-state index in [4.69, 9.17) is 0 Å². The zero-order valence-electron chi connectivity index (χ0n) is 12.4. The Kier molecular flexibility index (Phi) is 4.25. The van der Waals surface area contributed by atoms with Crippen molar-refractivity contribution in [3.8, 4) is 0 Å². The van der Waals surface area contributed by atoms with Crippen molar-refractivity contribution in [2.45, 2.75) is 6.92 Å². The van der Waals surface area contributed by atoms with Crippen LogP contribution in [0.15, 0.2) is 84.2 Å². The van der Waals surface area contributed by atoms with Crippen LogP contribution in [0.1, 0.15) is 16.7 Å². The van der Waals surface area contributed by atoms with E-state index in [0.717, 1.165) is 28.1 Å². The van der Waals surface area contributed by atoms with Crippen molar-refractivity contribution in [2.24, 2.45) is 5.10 Å². The number of hydrogen-bond acceptors (Lipinski definition) is 3. The molecule has 22 heavy (non-hydrogen) atoms. The topological polar surface area (TPSA) is 37.3 Å². The van der Waals surface area contributed by atoms with Crippen LogP contribution < -0.4 is 5.43 Å². The molecule has 0 aliphatic carbocycles. The van der Waals surface area contributed by atoms with Crippen molar-refractivity contribution in [1.29, 1.82) is 0 Å². The van der Waals surface area contributed by atoms with E-state index in [1.165, 1.54) is 0 Å². The molecule has 0 amide bonds. The van der Waals surface area contributed by atoms with Gasteiger partial charge in [-0.1, -0.05) is 60.7 Å². The standard InChI is InChI=1S/C19H17N3/c1-15-12-13-20-14-18(15)21-22-19(16-8-4-2-5-9-16)17-10-6-3-7-11-17/h2-14,21H,1H3. The van der Waals surface area contributed by atoms with Gasteiger partial charge in [0.2, 0.25) is 0 Å². The smallest absolute Gasteiger partial charge is 0.0977 e. The zero-order valence-corrected chi connectivity index (χ0v) is 12.4. The fourth-order valence-electron chi connectivity index (χ4n) is 2.18. The molecule has 0 aliphatic heterocycles. The molecule has 3 aromatic rings. The summed E-state index contributed by atoms with van der Waals surface area (Å²) in [6.07, 6.45) is 3.56. The molecule has 0 aliphatic rings. The largest absolute Gasteiger partial charge is 0.276 e. The summed E-state index contributed by atoms with van der Waals surface area (Å²) < 4.78 is 0. The molecule has 1 heterocycles. The molecule has 0 atom stereocenters. The number of rotatable bonds is 4. The van der Waals surface area contributed by atoms with Crippen molar-refractivity contribution in [2.75, 3.05) is 5.43 Å². The molecule has 3 rings (SSSR count). The molecular formula is C19H17N3. The molecule has 3 heteroatoms. The van der Waals surface area contributed by atoms with Gasteiger partial charge in [-0.25, -0.2) is 0 Å². The van der Waals surface area contributed by atoms with Gasteiger partial charge in [-0.15, -0.1) is 0 Å². The van der Waals surface area contributed by atoms with Gasteiger partial charge in [0.1, 0.15) is 0 Å². The fourth-order valence-corrected chi connectivity index (χ4v) is 2.18. The summed E-state index contributed by atoms with van der Waals surface area (Å²) in [5, 5.41) is 4.62. The summed E-state index contributed by atoms with van der Waals surface area (Å²) in [6, 6.07) is 22.3. The summed E-state index contributed by atoms with van der Waals surface area (Å²) >= 11 is 0. The maximum Gasteiger partial charge on any atom is 0.0977 e. The highest BCUT2D eigenvalue weighted by atomic mass is 15.3. The molecule has 108 valence electrons. The maximum absolute atomic E-state index is 4.62. The second kappa shape index (κ2) is 6.68. The van der Waals surface area contributed by atoms with Crippen molar-refractivity contribution in [3.05, 3.63) is 95.8 Å². The van der Waals surface area contributed by atoms with Gasteiger partial charge in [0.15, 0.2) is 0 Å². The Balaban J connectivity index is 1.99. The number of anilines is 1. The first-order valence-corrected chi connectivity index (χ1v) is 7.20. The number of pyridine rings is 1. The Morgan fingerprint density at radius 1 is 0.864 bits per heavy atom. The van der Waals surface area contributed by atoms with Gasteiger partial charge in [-0.05, 0) is 18.6 Å². The Hall–Kier alpha value is -2.94. The minimum Gasteiger partial charge on any atom is -0.276 e. The number of benzene rings is 2. The van der Waals surface area contributed by atoms with Crippen LogP contribution in [0, 0.1) is 6.92 Å². The van der Waals surface area contributed by atoms with Gasteiger partial charge < -0.3 is 0 Å². The van der Waals surface area contributed by atoms with E-state index < -0.39 is 0 Å². The highest BCUT2D eigenvalue weighted by molar-refractivity contribution is 6.13. The summed E-state index contributed by atoms with van der Waals surface area (Å²) in [4.78, 5) is 4.14. The highest BCUT2D eigenvalue weighted by Crippen LogP contribution is 2.14. The molecule has 0 saturated heterocycles. The van der Waals surface area contributed by atoms with E-state index in [0.29, 0.717) is 0 Å². The molecule has 1 N–H and O–H groups in total. The summed E-state index contributed by atoms with van der Waals surface area (Å²) in [5.41, 5.74) is 8.21. The minimum absolute atomic E-state index is 0.907. The SMILES string of the molecule is Cc1ccncc1NN=C(c1ccccc1)c1ccccc1. The zero-order chi connectivity index (χ0) is 15.2. The number of aromatic nitrogens is 1. The summed E-state index contributed by atoms with van der Waals surface area (Å²) in [7, 11) is 0. The van der Waals surface area contributed by atoms with Gasteiger partial charge in [0, 0.05) is 17.3 Å². The molecule has 0 bridgehead atoms. The lowest BCUT2D eigenvalue weighted by atomic mass is 10.0. The van der Waals surface area contributed by atoms with Crippen LogP contribution in [0.4, 0.5) is 5.69 Å². The highest BCUT2D eigenvalue weighted by Gasteiger charge is 2.06. The molecule has 0 spiro atoms. The van der Waals surface area contributed by atoms with Crippen LogP contribution in [0.2, 0.25) is 0 Å². The second-order valence-corrected chi connectivity index (χ2v) is 4.99. The van der Waals surface area contributed by atoms with E-state index in [1.807, 2.05) is 49.4 Å². The number of aryl methyl sites for hydroxylation is 1. The Morgan fingerprint density at radius 2 is 1.45 bits per heavy atom. The molecular weight excluding hydrogens is 270 g/mol. The predicted molar refractivity (Wildman–Crippen MR) is 91.1 cm³/mol. The first kappa shape index (κ1) is 14.0. The number of hydrazone groups is 1. The van der Waals surface area contributed by atoms with Crippen LogP contribution in [0.3, 0.4) is 0 Å². The second-order valence-electron chi connectivity index (χ2n) is 4.99. The van der Waals surface area contributed by atoms with Crippen molar-refractivity contribution >= 4 is 11.4 Å². The Labute approximate surface area is 130 Å². The summed E-state index contributed by atoms with van der Waals surface area (Å²) in [6.45, 7) is 2.03. The van der Waals surface area contributed by atoms with Crippen LogP contribution in [0.5, 0.6) is 0 Å². The van der Waals surface area contributed by atoms with Crippen molar-refractivity contribution < 1.29 is 0 Å². The van der Waals surface area contributed by atoms with E-state index in [2.05, 4.69) is 39.8 Å². The third kappa shape index (κ3) is 3.20. The van der Waals surface area contributed by atoms with E-state index in [1.54, 1.807) is 12.4 Å². The lowest BCUT2D eigenvalue weighted by molar-refractivity contribution is 1.23. The van der Waals surface area contributed by atoms with Crippen molar-refractivity contribution in [3.63, 3.8) is 0 Å².